The third-order valence-corrected chi connectivity index (χ3v) is 3.88. The molecule has 19 heavy (non-hydrogen) atoms. The maximum absolute atomic E-state index is 6.25. The Morgan fingerprint density at radius 2 is 1.95 bits per heavy atom. The van der Waals surface area contributed by atoms with Crippen LogP contribution in [0.3, 0.4) is 0 Å². The molecule has 0 amide bonds. The molecule has 0 fully saturated rings. The van der Waals surface area contributed by atoms with Gasteiger partial charge in [-0.1, -0.05) is 35.9 Å². The van der Waals surface area contributed by atoms with Crippen molar-refractivity contribution in [1.29, 1.82) is 0 Å². The zero-order valence-corrected chi connectivity index (χ0v) is 11.5. The molecule has 2 N–H and O–H groups in total. The normalized spacial score (nSPS) is 21.6. The Kier molecular flexibility index (Phi) is 3.21. The van der Waals surface area contributed by atoms with E-state index in [2.05, 4.69) is 19.1 Å². The quantitative estimate of drug-likeness (QED) is 0.846. The molecule has 2 atom stereocenters. The van der Waals surface area contributed by atoms with Gasteiger partial charge in [0.1, 0.15) is 11.9 Å². The van der Waals surface area contributed by atoms with Crippen LogP contribution < -0.4 is 10.5 Å². The first-order valence-electron chi connectivity index (χ1n) is 6.42. The lowest BCUT2D eigenvalue weighted by molar-refractivity contribution is 0.161. The number of ether oxygens (including phenoxy) is 1. The molecule has 0 saturated carbocycles. The van der Waals surface area contributed by atoms with Crippen LogP contribution in [0.4, 0.5) is 0 Å². The van der Waals surface area contributed by atoms with E-state index in [-0.39, 0.29) is 12.1 Å². The fourth-order valence-corrected chi connectivity index (χ4v) is 2.79. The molecule has 2 aromatic carbocycles. The Hall–Kier alpha value is -1.51. The van der Waals surface area contributed by atoms with E-state index < -0.39 is 0 Å². The van der Waals surface area contributed by atoms with Crippen LogP contribution in [0.2, 0.25) is 5.02 Å². The largest absolute Gasteiger partial charge is 0.485 e. The number of fused-ring (bicyclic) bond motifs is 1. The van der Waals surface area contributed by atoms with Gasteiger partial charge in [-0.25, -0.2) is 0 Å². The van der Waals surface area contributed by atoms with Crippen molar-refractivity contribution in [2.45, 2.75) is 25.5 Å². The third-order valence-electron chi connectivity index (χ3n) is 3.64. The molecule has 2 aromatic rings. The Morgan fingerprint density at radius 1 is 1.16 bits per heavy atom. The summed E-state index contributed by atoms with van der Waals surface area (Å²) in [6.07, 6.45) is 0.794. The van der Waals surface area contributed by atoms with Gasteiger partial charge in [-0.05, 0) is 36.2 Å². The van der Waals surface area contributed by atoms with E-state index in [1.807, 2.05) is 30.3 Å². The highest BCUT2D eigenvalue weighted by Gasteiger charge is 2.27. The van der Waals surface area contributed by atoms with Crippen LogP contribution in [-0.2, 0) is 0 Å². The van der Waals surface area contributed by atoms with Crippen LogP contribution in [0, 0.1) is 6.92 Å². The Bertz CT molecular complexity index is 611. The molecule has 98 valence electrons. The molecule has 3 heteroatoms. The minimum absolute atomic E-state index is 0.0184. The summed E-state index contributed by atoms with van der Waals surface area (Å²) in [6.45, 7) is 2.10. The monoisotopic (exact) mass is 273 g/mol. The maximum atomic E-state index is 6.25. The van der Waals surface area contributed by atoms with Gasteiger partial charge in [0, 0.05) is 23.0 Å². The van der Waals surface area contributed by atoms with Gasteiger partial charge < -0.3 is 10.5 Å². The lowest BCUT2D eigenvalue weighted by Crippen LogP contribution is -2.24. The molecular weight excluding hydrogens is 258 g/mol. The first-order valence-corrected chi connectivity index (χ1v) is 6.80. The first-order chi connectivity index (χ1) is 9.15. The second-order valence-electron chi connectivity index (χ2n) is 4.99. The van der Waals surface area contributed by atoms with Crippen LogP contribution in [0.5, 0.6) is 5.75 Å². The summed E-state index contributed by atoms with van der Waals surface area (Å²) < 4.78 is 6.09. The summed E-state index contributed by atoms with van der Waals surface area (Å²) in [7, 11) is 0. The molecule has 2 unspecified atom stereocenters. The van der Waals surface area contributed by atoms with Crippen LogP contribution in [0.15, 0.2) is 42.5 Å². The van der Waals surface area contributed by atoms with Gasteiger partial charge in [-0.2, -0.15) is 0 Å². The van der Waals surface area contributed by atoms with Crippen molar-refractivity contribution in [1.82, 2.24) is 0 Å². The van der Waals surface area contributed by atoms with Crippen LogP contribution in [0.1, 0.15) is 35.3 Å². The standard InChI is InChI=1S/C16H16ClNO/c1-10-4-2-3-5-12(10)16-9-14(18)13-8-11(17)6-7-15(13)19-16/h2-8,14,16H,9,18H2,1H3. The predicted molar refractivity (Wildman–Crippen MR) is 77.5 cm³/mol. The lowest BCUT2D eigenvalue weighted by Gasteiger charge is -2.31. The second-order valence-corrected chi connectivity index (χ2v) is 5.42. The highest BCUT2D eigenvalue weighted by molar-refractivity contribution is 6.30. The predicted octanol–water partition coefficient (Wildman–Crippen LogP) is 4.17. The SMILES string of the molecule is Cc1ccccc1C1CC(N)c2cc(Cl)ccc2O1. The summed E-state index contributed by atoms with van der Waals surface area (Å²) in [4.78, 5) is 0. The smallest absolute Gasteiger partial charge is 0.126 e. The topological polar surface area (TPSA) is 35.2 Å². The molecular formula is C16H16ClNO. The molecule has 0 radical (unpaired) electrons. The van der Waals surface area contributed by atoms with Gasteiger partial charge in [0.05, 0.1) is 0 Å². The van der Waals surface area contributed by atoms with Crippen molar-refractivity contribution in [2.24, 2.45) is 5.73 Å². The summed E-state index contributed by atoms with van der Waals surface area (Å²) in [5.41, 5.74) is 9.69. The van der Waals surface area contributed by atoms with Crippen molar-refractivity contribution < 1.29 is 4.74 Å². The van der Waals surface area contributed by atoms with E-state index in [1.165, 1.54) is 11.1 Å². The molecule has 1 aliphatic heterocycles. The highest BCUT2D eigenvalue weighted by atomic mass is 35.5. The van der Waals surface area contributed by atoms with E-state index in [1.54, 1.807) is 0 Å². The molecule has 0 saturated heterocycles. The Balaban J connectivity index is 1.97. The van der Waals surface area contributed by atoms with E-state index in [0.717, 1.165) is 17.7 Å². The van der Waals surface area contributed by atoms with Crippen LogP contribution in [0.25, 0.3) is 0 Å². The molecule has 2 nitrogen and oxygen atoms in total. The van der Waals surface area contributed by atoms with Crippen LogP contribution >= 0.6 is 11.6 Å². The van der Waals surface area contributed by atoms with Crippen molar-refractivity contribution >= 4 is 11.6 Å². The summed E-state index contributed by atoms with van der Waals surface area (Å²) >= 11 is 6.01. The minimum Gasteiger partial charge on any atom is -0.485 e. The third kappa shape index (κ3) is 2.34. The minimum atomic E-state index is -0.0351. The number of hydrogen-bond donors (Lipinski definition) is 1. The van der Waals surface area contributed by atoms with E-state index in [9.17, 15) is 0 Å². The molecule has 3 rings (SSSR count). The molecule has 1 aliphatic rings. The summed E-state index contributed by atoms with van der Waals surface area (Å²) in [6, 6.07) is 13.9. The summed E-state index contributed by atoms with van der Waals surface area (Å²) in [5, 5.41) is 0.701. The number of aryl methyl sites for hydroxylation is 1. The van der Waals surface area contributed by atoms with E-state index in [0.29, 0.717) is 5.02 Å². The molecule has 0 aliphatic carbocycles. The van der Waals surface area contributed by atoms with Gasteiger partial charge in [-0.15, -0.1) is 0 Å². The van der Waals surface area contributed by atoms with Gasteiger partial charge in [-0.3, -0.25) is 0 Å². The van der Waals surface area contributed by atoms with Crippen molar-refractivity contribution in [2.75, 3.05) is 0 Å². The van der Waals surface area contributed by atoms with E-state index >= 15 is 0 Å². The average Bonchev–Trinajstić information content (AvgIpc) is 2.40. The molecule has 1 heterocycles. The molecule has 0 bridgehead atoms. The van der Waals surface area contributed by atoms with Gasteiger partial charge in [0.2, 0.25) is 0 Å². The second kappa shape index (κ2) is 4.87. The Morgan fingerprint density at radius 3 is 2.74 bits per heavy atom. The van der Waals surface area contributed by atoms with Gasteiger partial charge in [0.25, 0.3) is 0 Å². The fourth-order valence-electron chi connectivity index (χ4n) is 2.61. The zero-order valence-electron chi connectivity index (χ0n) is 10.8. The number of rotatable bonds is 1. The number of benzene rings is 2. The van der Waals surface area contributed by atoms with Gasteiger partial charge >= 0.3 is 0 Å². The van der Waals surface area contributed by atoms with Crippen molar-refractivity contribution in [3.63, 3.8) is 0 Å². The number of nitrogens with two attached hydrogens (primary N) is 1. The first kappa shape index (κ1) is 12.5. The number of halogens is 1. The Labute approximate surface area is 118 Å². The zero-order chi connectivity index (χ0) is 13.4. The van der Waals surface area contributed by atoms with Crippen molar-refractivity contribution in [3.8, 4) is 5.75 Å². The van der Waals surface area contributed by atoms with Crippen molar-refractivity contribution in [3.05, 3.63) is 64.2 Å². The van der Waals surface area contributed by atoms with E-state index in [4.69, 9.17) is 22.1 Å². The molecule has 0 spiro atoms. The summed E-state index contributed by atoms with van der Waals surface area (Å²) in [5.74, 6) is 0.844. The number of hydrogen-bond acceptors (Lipinski definition) is 2. The highest BCUT2D eigenvalue weighted by Crippen LogP contribution is 2.41. The fraction of sp³-hybridized carbons (Fsp3) is 0.250. The maximum Gasteiger partial charge on any atom is 0.126 e. The average molecular weight is 274 g/mol. The lowest BCUT2D eigenvalue weighted by atomic mass is 9.92. The molecule has 0 aromatic heterocycles. The van der Waals surface area contributed by atoms with Gasteiger partial charge in [0.15, 0.2) is 0 Å². The van der Waals surface area contributed by atoms with Crippen LogP contribution in [-0.4, -0.2) is 0 Å².